The third-order valence-electron chi connectivity index (χ3n) is 4.80. The number of ether oxygens (including phenoxy) is 1. The number of hydrogen-bond donors (Lipinski definition) is 1. The molecule has 2 saturated carbocycles. The molecular weight excluding hydrogens is 200 g/mol. The van der Waals surface area contributed by atoms with Crippen molar-refractivity contribution in [2.24, 2.45) is 17.3 Å². The lowest BCUT2D eigenvalue weighted by Gasteiger charge is -2.33. The molecule has 0 spiro atoms. The van der Waals surface area contributed by atoms with E-state index in [9.17, 15) is 5.11 Å². The zero-order valence-corrected chi connectivity index (χ0v) is 10.9. The third kappa shape index (κ3) is 2.28. The van der Waals surface area contributed by atoms with Crippen molar-refractivity contribution < 1.29 is 9.84 Å². The van der Waals surface area contributed by atoms with E-state index in [1.165, 1.54) is 12.8 Å². The first kappa shape index (κ1) is 12.4. The largest absolute Gasteiger partial charge is 0.367 e. The molecule has 4 atom stereocenters. The molecule has 94 valence electrons. The van der Waals surface area contributed by atoms with Crippen LogP contribution in [0.1, 0.15) is 59.3 Å². The second-order valence-corrected chi connectivity index (χ2v) is 6.10. The Bertz CT molecular complexity index is 237. The lowest BCUT2D eigenvalue weighted by molar-refractivity contribution is -0.196. The normalized spacial score (nSPS) is 37.9. The van der Waals surface area contributed by atoms with Gasteiger partial charge in [0.2, 0.25) is 0 Å². The summed E-state index contributed by atoms with van der Waals surface area (Å²) in [4.78, 5) is 0. The van der Waals surface area contributed by atoms with Crippen LogP contribution in [0, 0.1) is 17.3 Å². The minimum absolute atomic E-state index is 0.0883. The average molecular weight is 226 g/mol. The van der Waals surface area contributed by atoms with Crippen molar-refractivity contribution in [1.82, 2.24) is 0 Å². The number of aliphatic hydroxyl groups is 1. The number of rotatable bonds is 6. The molecule has 0 aromatic rings. The molecule has 2 aliphatic rings. The van der Waals surface area contributed by atoms with Gasteiger partial charge in [0, 0.05) is 5.41 Å². The van der Waals surface area contributed by atoms with Gasteiger partial charge in [-0.1, -0.05) is 27.2 Å². The molecule has 2 rings (SSSR count). The standard InChI is InChI=1S/C14H26O2/c1-4-10(2)8-14(9-11(14)3)13(15)16-12-6-5-7-12/h10-13,15H,4-9H2,1-3H3. The monoisotopic (exact) mass is 226 g/mol. The highest BCUT2D eigenvalue weighted by Gasteiger charge is 2.57. The summed E-state index contributed by atoms with van der Waals surface area (Å²) in [5.41, 5.74) is 0.0883. The first-order chi connectivity index (χ1) is 7.58. The topological polar surface area (TPSA) is 29.5 Å². The van der Waals surface area contributed by atoms with E-state index in [0.717, 1.165) is 25.7 Å². The lowest BCUT2D eigenvalue weighted by Crippen LogP contribution is -2.35. The summed E-state index contributed by atoms with van der Waals surface area (Å²) in [7, 11) is 0. The van der Waals surface area contributed by atoms with Crippen molar-refractivity contribution >= 4 is 0 Å². The van der Waals surface area contributed by atoms with Gasteiger partial charge in [-0.2, -0.15) is 0 Å². The van der Waals surface area contributed by atoms with Crippen LogP contribution in [0.2, 0.25) is 0 Å². The zero-order valence-electron chi connectivity index (χ0n) is 10.9. The second kappa shape index (κ2) is 4.66. The zero-order chi connectivity index (χ0) is 11.8. The van der Waals surface area contributed by atoms with Crippen molar-refractivity contribution in [3.63, 3.8) is 0 Å². The maximum atomic E-state index is 10.3. The van der Waals surface area contributed by atoms with Gasteiger partial charge in [0.1, 0.15) is 0 Å². The van der Waals surface area contributed by atoms with E-state index in [2.05, 4.69) is 20.8 Å². The van der Waals surface area contributed by atoms with Gasteiger partial charge >= 0.3 is 0 Å². The van der Waals surface area contributed by atoms with E-state index in [4.69, 9.17) is 4.74 Å². The lowest BCUT2D eigenvalue weighted by atomic mass is 9.88. The summed E-state index contributed by atoms with van der Waals surface area (Å²) >= 11 is 0. The summed E-state index contributed by atoms with van der Waals surface area (Å²) in [6, 6.07) is 0. The van der Waals surface area contributed by atoms with Crippen molar-refractivity contribution in [2.45, 2.75) is 71.7 Å². The predicted molar refractivity (Wildman–Crippen MR) is 65.0 cm³/mol. The molecule has 0 aromatic carbocycles. The van der Waals surface area contributed by atoms with Gasteiger partial charge in [-0.3, -0.25) is 0 Å². The Hall–Kier alpha value is -0.0800. The van der Waals surface area contributed by atoms with E-state index < -0.39 is 6.29 Å². The molecule has 0 amide bonds. The van der Waals surface area contributed by atoms with Crippen LogP contribution in [-0.4, -0.2) is 17.5 Å². The van der Waals surface area contributed by atoms with Crippen LogP contribution in [0.15, 0.2) is 0 Å². The minimum Gasteiger partial charge on any atom is -0.367 e. The van der Waals surface area contributed by atoms with Crippen LogP contribution in [0.3, 0.4) is 0 Å². The molecule has 0 radical (unpaired) electrons. The molecule has 0 aromatic heterocycles. The van der Waals surface area contributed by atoms with Gasteiger partial charge in [-0.25, -0.2) is 0 Å². The maximum Gasteiger partial charge on any atom is 0.160 e. The molecule has 0 saturated heterocycles. The molecular formula is C14H26O2. The van der Waals surface area contributed by atoms with Crippen molar-refractivity contribution in [3.05, 3.63) is 0 Å². The van der Waals surface area contributed by atoms with E-state index in [0.29, 0.717) is 17.9 Å². The highest BCUT2D eigenvalue weighted by atomic mass is 16.6. The number of aliphatic hydroxyl groups excluding tert-OH is 1. The molecule has 2 heteroatoms. The fraction of sp³-hybridized carbons (Fsp3) is 1.00. The highest BCUT2D eigenvalue weighted by molar-refractivity contribution is 5.02. The van der Waals surface area contributed by atoms with Gasteiger partial charge < -0.3 is 9.84 Å². The molecule has 16 heavy (non-hydrogen) atoms. The Balaban J connectivity index is 1.87. The SMILES string of the molecule is CCC(C)CC1(C(O)OC2CCC2)CC1C. The smallest absolute Gasteiger partial charge is 0.160 e. The Kier molecular flexibility index (Phi) is 3.60. The van der Waals surface area contributed by atoms with Crippen LogP contribution in [-0.2, 0) is 4.74 Å². The first-order valence-electron chi connectivity index (χ1n) is 6.92. The summed E-state index contributed by atoms with van der Waals surface area (Å²) < 4.78 is 5.78. The van der Waals surface area contributed by atoms with E-state index in [1.54, 1.807) is 0 Å². The predicted octanol–water partition coefficient (Wildman–Crippen LogP) is 3.34. The Labute approximate surface area is 99.4 Å². The highest BCUT2D eigenvalue weighted by Crippen LogP contribution is 2.59. The average Bonchev–Trinajstić information content (AvgIpc) is 2.83. The summed E-state index contributed by atoms with van der Waals surface area (Å²) in [5.74, 6) is 1.33. The quantitative estimate of drug-likeness (QED) is 0.704. The van der Waals surface area contributed by atoms with Crippen molar-refractivity contribution in [1.29, 1.82) is 0 Å². The fourth-order valence-electron chi connectivity index (χ4n) is 2.86. The second-order valence-electron chi connectivity index (χ2n) is 6.10. The van der Waals surface area contributed by atoms with Gasteiger partial charge in [0.25, 0.3) is 0 Å². The van der Waals surface area contributed by atoms with Crippen molar-refractivity contribution in [3.8, 4) is 0 Å². The maximum absolute atomic E-state index is 10.3. The van der Waals surface area contributed by atoms with Crippen LogP contribution in [0.5, 0.6) is 0 Å². The first-order valence-corrected chi connectivity index (χ1v) is 6.92. The molecule has 2 aliphatic carbocycles. The molecule has 2 fully saturated rings. The Morgan fingerprint density at radius 3 is 2.44 bits per heavy atom. The molecule has 4 unspecified atom stereocenters. The molecule has 0 bridgehead atoms. The molecule has 2 nitrogen and oxygen atoms in total. The summed E-state index contributed by atoms with van der Waals surface area (Å²) in [6.45, 7) is 6.75. The Morgan fingerprint density at radius 2 is 2.06 bits per heavy atom. The molecule has 0 heterocycles. The van der Waals surface area contributed by atoms with E-state index in [1.807, 2.05) is 0 Å². The van der Waals surface area contributed by atoms with E-state index >= 15 is 0 Å². The van der Waals surface area contributed by atoms with Gasteiger partial charge in [0.15, 0.2) is 6.29 Å². The summed E-state index contributed by atoms with van der Waals surface area (Å²) in [5, 5.41) is 10.3. The third-order valence-corrected chi connectivity index (χ3v) is 4.80. The minimum atomic E-state index is -0.512. The number of hydrogen-bond acceptors (Lipinski definition) is 2. The van der Waals surface area contributed by atoms with Crippen LogP contribution >= 0.6 is 0 Å². The summed E-state index contributed by atoms with van der Waals surface area (Å²) in [6.07, 6.45) is 6.86. The van der Waals surface area contributed by atoms with Crippen LogP contribution in [0.25, 0.3) is 0 Å². The van der Waals surface area contributed by atoms with Crippen molar-refractivity contribution in [2.75, 3.05) is 0 Å². The Morgan fingerprint density at radius 1 is 1.44 bits per heavy atom. The van der Waals surface area contributed by atoms with Crippen LogP contribution in [0.4, 0.5) is 0 Å². The fourth-order valence-corrected chi connectivity index (χ4v) is 2.86. The molecule has 0 aliphatic heterocycles. The van der Waals surface area contributed by atoms with Gasteiger partial charge in [-0.05, 0) is 43.9 Å². The van der Waals surface area contributed by atoms with E-state index in [-0.39, 0.29) is 5.41 Å². The van der Waals surface area contributed by atoms with Gasteiger partial charge in [-0.15, -0.1) is 0 Å². The molecule has 1 N–H and O–H groups in total. The van der Waals surface area contributed by atoms with Gasteiger partial charge in [0.05, 0.1) is 6.10 Å². The van der Waals surface area contributed by atoms with Crippen LogP contribution < -0.4 is 0 Å².